The average Bonchev–Trinajstić information content (AvgIpc) is 2.47. The Balaban J connectivity index is 2.21. The van der Waals surface area contributed by atoms with Gasteiger partial charge in [-0.05, 0) is 31.7 Å². The molecule has 0 saturated carbocycles. The molecule has 2 heterocycles. The number of piperidine rings is 1. The minimum absolute atomic E-state index is 0.0702. The van der Waals surface area contributed by atoms with E-state index in [-0.39, 0.29) is 18.6 Å². The predicted molar refractivity (Wildman–Crippen MR) is 72.4 cm³/mol. The molecule has 1 aromatic rings. The monoisotopic (exact) mass is 264 g/mol. The van der Waals surface area contributed by atoms with Gasteiger partial charge in [-0.1, -0.05) is 0 Å². The van der Waals surface area contributed by atoms with Crippen molar-refractivity contribution in [2.75, 3.05) is 18.6 Å². The summed E-state index contributed by atoms with van der Waals surface area (Å²) in [4.78, 5) is 18.4. The van der Waals surface area contributed by atoms with Gasteiger partial charge in [0.1, 0.15) is 0 Å². The summed E-state index contributed by atoms with van der Waals surface area (Å²) in [6.07, 6.45) is 6.79. The first-order valence-electron chi connectivity index (χ1n) is 6.60. The van der Waals surface area contributed by atoms with E-state index in [1.54, 1.807) is 12.3 Å². The molecule has 0 aromatic carbocycles. The highest BCUT2D eigenvalue weighted by atomic mass is 16.3. The van der Waals surface area contributed by atoms with Gasteiger partial charge in [0.15, 0.2) is 0 Å². The Bertz CT molecular complexity index is 436. The Morgan fingerprint density at radius 3 is 3.16 bits per heavy atom. The molecule has 19 heavy (non-hydrogen) atoms. The summed E-state index contributed by atoms with van der Waals surface area (Å²) in [6.45, 7) is 0.825. The number of amides is 1. The second kappa shape index (κ2) is 6.49. The van der Waals surface area contributed by atoms with E-state index < -0.39 is 0 Å². The van der Waals surface area contributed by atoms with Crippen molar-refractivity contribution < 1.29 is 9.90 Å². The van der Waals surface area contributed by atoms with E-state index in [4.69, 9.17) is 10.9 Å². The number of pyridine rings is 1. The molecule has 1 aliphatic rings. The molecule has 1 atom stereocenters. The standard InChI is InChI=1S/C13H20N4O2/c14-16-12-4-6-15-9-11(12)13(19)17-7-2-1-3-10(17)5-8-18/h4,6,9-10,18H,1-3,5,7-8,14H2,(H,15,16). The molecule has 6 heteroatoms. The Labute approximate surface area is 112 Å². The maximum absolute atomic E-state index is 12.6. The van der Waals surface area contributed by atoms with E-state index in [2.05, 4.69) is 10.4 Å². The normalized spacial score (nSPS) is 19.3. The third-order valence-electron chi connectivity index (χ3n) is 3.56. The van der Waals surface area contributed by atoms with Gasteiger partial charge in [-0.25, -0.2) is 0 Å². The minimum atomic E-state index is -0.0702. The molecule has 2 rings (SSSR count). The smallest absolute Gasteiger partial charge is 0.257 e. The van der Waals surface area contributed by atoms with Crippen LogP contribution in [0.3, 0.4) is 0 Å². The second-order valence-electron chi connectivity index (χ2n) is 4.73. The van der Waals surface area contributed by atoms with Crippen LogP contribution in [-0.4, -0.2) is 40.1 Å². The van der Waals surface area contributed by atoms with Crippen LogP contribution in [-0.2, 0) is 0 Å². The molecule has 0 bridgehead atoms. The molecular weight excluding hydrogens is 244 g/mol. The van der Waals surface area contributed by atoms with Crippen molar-refractivity contribution >= 4 is 11.6 Å². The third kappa shape index (κ3) is 3.02. The summed E-state index contributed by atoms with van der Waals surface area (Å²) < 4.78 is 0. The Hall–Kier alpha value is -1.66. The van der Waals surface area contributed by atoms with Crippen LogP contribution < -0.4 is 11.3 Å². The fraction of sp³-hybridized carbons (Fsp3) is 0.538. The lowest BCUT2D eigenvalue weighted by Crippen LogP contribution is -2.44. The predicted octanol–water partition coefficient (Wildman–Crippen LogP) is 0.744. The summed E-state index contributed by atoms with van der Waals surface area (Å²) >= 11 is 0. The van der Waals surface area contributed by atoms with Crippen LogP contribution in [0, 0.1) is 0 Å². The van der Waals surface area contributed by atoms with E-state index >= 15 is 0 Å². The first-order chi connectivity index (χ1) is 9.27. The zero-order valence-corrected chi connectivity index (χ0v) is 10.9. The van der Waals surface area contributed by atoms with E-state index in [1.807, 2.05) is 4.90 Å². The van der Waals surface area contributed by atoms with Crippen LogP contribution in [0.4, 0.5) is 5.69 Å². The quantitative estimate of drug-likeness (QED) is 0.551. The number of carbonyl (C=O) groups excluding carboxylic acids is 1. The number of aliphatic hydroxyl groups excluding tert-OH is 1. The molecule has 1 aromatic heterocycles. The van der Waals surface area contributed by atoms with Crippen LogP contribution in [0.2, 0.25) is 0 Å². The van der Waals surface area contributed by atoms with Crippen LogP contribution in [0.1, 0.15) is 36.0 Å². The number of aromatic nitrogens is 1. The summed E-state index contributed by atoms with van der Waals surface area (Å²) in [5, 5.41) is 9.11. The summed E-state index contributed by atoms with van der Waals surface area (Å²) in [5.74, 6) is 5.35. The number of carbonyl (C=O) groups is 1. The van der Waals surface area contributed by atoms with E-state index in [0.29, 0.717) is 17.7 Å². The lowest BCUT2D eigenvalue weighted by atomic mass is 9.98. The number of hydrazine groups is 1. The van der Waals surface area contributed by atoms with Gasteiger partial charge in [0.05, 0.1) is 11.3 Å². The average molecular weight is 264 g/mol. The molecule has 1 unspecified atom stereocenters. The fourth-order valence-electron chi connectivity index (χ4n) is 2.56. The summed E-state index contributed by atoms with van der Waals surface area (Å²) in [7, 11) is 0. The number of rotatable bonds is 4. The summed E-state index contributed by atoms with van der Waals surface area (Å²) in [5.41, 5.74) is 3.58. The Morgan fingerprint density at radius 2 is 2.42 bits per heavy atom. The van der Waals surface area contributed by atoms with Crippen molar-refractivity contribution in [1.82, 2.24) is 9.88 Å². The number of aliphatic hydroxyl groups is 1. The van der Waals surface area contributed by atoms with Gasteiger partial charge in [0.25, 0.3) is 5.91 Å². The van der Waals surface area contributed by atoms with Gasteiger partial charge in [-0.2, -0.15) is 0 Å². The maximum atomic E-state index is 12.6. The molecule has 1 fully saturated rings. The summed E-state index contributed by atoms with van der Waals surface area (Å²) in [6, 6.07) is 1.79. The van der Waals surface area contributed by atoms with Crippen LogP contribution in [0.5, 0.6) is 0 Å². The van der Waals surface area contributed by atoms with Crippen LogP contribution in [0.25, 0.3) is 0 Å². The fourth-order valence-corrected chi connectivity index (χ4v) is 2.56. The number of nitrogens with two attached hydrogens (primary N) is 1. The van der Waals surface area contributed by atoms with Crippen molar-refractivity contribution in [2.45, 2.75) is 31.7 Å². The largest absolute Gasteiger partial charge is 0.396 e. The Kier molecular flexibility index (Phi) is 4.70. The molecule has 0 radical (unpaired) electrons. The van der Waals surface area contributed by atoms with Crippen molar-refractivity contribution in [1.29, 1.82) is 0 Å². The van der Waals surface area contributed by atoms with Gasteiger partial charge in [-0.3, -0.25) is 15.6 Å². The van der Waals surface area contributed by atoms with Gasteiger partial charge in [-0.15, -0.1) is 0 Å². The van der Waals surface area contributed by atoms with Gasteiger partial charge >= 0.3 is 0 Å². The molecule has 0 spiro atoms. The van der Waals surface area contributed by atoms with Crippen LogP contribution in [0.15, 0.2) is 18.5 Å². The lowest BCUT2D eigenvalue weighted by molar-refractivity contribution is 0.0575. The highest BCUT2D eigenvalue weighted by molar-refractivity contribution is 5.99. The number of anilines is 1. The highest BCUT2D eigenvalue weighted by Gasteiger charge is 2.28. The molecule has 1 aliphatic heterocycles. The second-order valence-corrected chi connectivity index (χ2v) is 4.73. The topological polar surface area (TPSA) is 91.5 Å². The van der Waals surface area contributed by atoms with Gasteiger partial charge in [0, 0.05) is 31.6 Å². The molecule has 104 valence electrons. The maximum Gasteiger partial charge on any atom is 0.257 e. The third-order valence-corrected chi connectivity index (χ3v) is 3.56. The molecular formula is C13H20N4O2. The SMILES string of the molecule is NNc1ccncc1C(=O)N1CCCCC1CCO. The van der Waals surface area contributed by atoms with E-state index in [1.165, 1.54) is 6.20 Å². The number of nitrogen functional groups attached to an aromatic ring is 1. The zero-order valence-electron chi connectivity index (χ0n) is 10.9. The van der Waals surface area contributed by atoms with E-state index in [9.17, 15) is 4.79 Å². The Morgan fingerprint density at radius 1 is 1.58 bits per heavy atom. The van der Waals surface area contributed by atoms with Gasteiger partial charge < -0.3 is 15.4 Å². The number of nitrogens with zero attached hydrogens (tertiary/aromatic N) is 2. The number of likely N-dealkylation sites (tertiary alicyclic amines) is 1. The molecule has 1 saturated heterocycles. The minimum Gasteiger partial charge on any atom is -0.396 e. The molecule has 1 amide bonds. The molecule has 4 N–H and O–H groups in total. The first kappa shape index (κ1) is 13.8. The van der Waals surface area contributed by atoms with Crippen LogP contribution >= 0.6 is 0 Å². The molecule has 6 nitrogen and oxygen atoms in total. The zero-order chi connectivity index (χ0) is 13.7. The lowest BCUT2D eigenvalue weighted by Gasteiger charge is -2.35. The van der Waals surface area contributed by atoms with Gasteiger partial charge in [0.2, 0.25) is 0 Å². The van der Waals surface area contributed by atoms with Crippen molar-refractivity contribution in [3.05, 3.63) is 24.0 Å². The number of nitrogens with one attached hydrogen (secondary N) is 1. The molecule has 0 aliphatic carbocycles. The van der Waals surface area contributed by atoms with Crippen molar-refractivity contribution in [2.24, 2.45) is 5.84 Å². The van der Waals surface area contributed by atoms with Crippen molar-refractivity contribution in [3.63, 3.8) is 0 Å². The number of hydrogen-bond donors (Lipinski definition) is 3. The van der Waals surface area contributed by atoms with E-state index in [0.717, 1.165) is 25.8 Å². The van der Waals surface area contributed by atoms with Crippen molar-refractivity contribution in [3.8, 4) is 0 Å². The highest BCUT2D eigenvalue weighted by Crippen LogP contribution is 2.24. The first-order valence-corrected chi connectivity index (χ1v) is 6.60. The number of hydrogen-bond acceptors (Lipinski definition) is 5.